The van der Waals surface area contributed by atoms with Gasteiger partial charge in [0.15, 0.2) is 4.80 Å². The number of para-hydroxylation sites is 1. The third-order valence-electron chi connectivity index (χ3n) is 5.98. The Morgan fingerprint density at radius 3 is 2.43 bits per heavy atom. The molecule has 180 valence electrons. The Bertz CT molecular complexity index is 1470. The maximum absolute atomic E-state index is 13.3. The van der Waals surface area contributed by atoms with Gasteiger partial charge in [-0.1, -0.05) is 60.2 Å². The maximum atomic E-state index is 13.3. The lowest BCUT2D eigenvalue weighted by atomic mass is 10.1. The number of aryl methyl sites for hydroxylation is 1. The van der Waals surface area contributed by atoms with Crippen molar-refractivity contribution in [3.63, 3.8) is 0 Å². The second-order valence-electron chi connectivity index (χ2n) is 8.47. The zero-order valence-electron chi connectivity index (χ0n) is 19.5. The standard InChI is InChI=1S/C27H27N3O3S2/c1-21-10-12-22(13-11-21)19-30-26(20-34-27(30)28-24-7-3-2-4-8-24)23-6-5-9-25(18-23)35(31,32)29-14-16-33-17-15-29/h2-13,18,20H,14-17,19H2,1H3. The number of nitrogens with zero attached hydrogens (tertiary/aromatic N) is 3. The average molecular weight is 506 g/mol. The van der Waals surface area contributed by atoms with Crippen molar-refractivity contribution in [2.24, 2.45) is 4.99 Å². The van der Waals surface area contributed by atoms with Gasteiger partial charge in [0.1, 0.15) is 0 Å². The predicted octanol–water partition coefficient (Wildman–Crippen LogP) is 4.83. The smallest absolute Gasteiger partial charge is 0.243 e. The fourth-order valence-electron chi connectivity index (χ4n) is 4.04. The van der Waals surface area contributed by atoms with Crippen molar-refractivity contribution < 1.29 is 13.2 Å². The Morgan fingerprint density at radius 1 is 0.943 bits per heavy atom. The quantitative estimate of drug-likeness (QED) is 0.377. The van der Waals surface area contributed by atoms with Gasteiger partial charge in [0.25, 0.3) is 0 Å². The molecule has 35 heavy (non-hydrogen) atoms. The van der Waals surface area contributed by atoms with Gasteiger partial charge in [-0.05, 0) is 36.8 Å². The van der Waals surface area contributed by atoms with Crippen LogP contribution in [-0.2, 0) is 21.3 Å². The summed E-state index contributed by atoms with van der Waals surface area (Å²) in [7, 11) is -3.59. The second kappa shape index (κ2) is 10.3. The molecule has 4 aromatic rings. The molecule has 1 aliphatic rings. The van der Waals surface area contributed by atoms with Crippen LogP contribution in [0.5, 0.6) is 0 Å². The minimum absolute atomic E-state index is 0.298. The number of benzene rings is 3. The van der Waals surface area contributed by atoms with Gasteiger partial charge in [0.2, 0.25) is 10.0 Å². The Labute approximate surface area is 209 Å². The van der Waals surface area contributed by atoms with Crippen molar-refractivity contribution >= 4 is 27.0 Å². The number of morpholine rings is 1. The van der Waals surface area contributed by atoms with Crippen molar-refractivity contribution in [1.29, 1.82) is 0 Å². The molecule has 0 radical (unpaired) electrons. The van der Waals surface area contributed by atoms with E-state index < -0.39 is 10.0 Å². The molecule has 2 heterocycles. The van der Waals surface area contributed by atoms with Gasteiger partial charge in [0.05, 0.1) is 36.0 Å². The summed E-state index contributed by atoms with van der Waals surface area (Å²) < 4.78 is 35.5. The highest BCUT2D eigenvalue weighted by Crippen LogP contribution is 2.26. The number of ether oxygens (including phenoxy) is 1. The molecule has 1 aliphatic heterocycles. The van der Waals surface area contributed by atoms with Crippen LogP contribution in [0.3, 0.4) is 0 Å². The summed E-state index contributed by atoms with van der Waals surface area (Å²) >= 11 is 1.55. The largest absolute Gasteiger partial charge is 0.379 e. The summed E-state index contributed by atoms with van der Waals surface area (Å²) in [5.74, 6) is 0. The summed E-state index contributed by atoms with van der Waals surface area (Å²) in [5.41, 5.74) is 5.02. The lowest BCUT2D eigenvalue weighted by Crippen LogP contribution is -2.40. The molecule has 0 aliphatic carbocycles. The van der Waals surface area contributed by atoms with E-state index in [0.717, 1.165) is 27.3 Å². The van der Waals surface area contributed by atoms with Gasteiger partial charge in [-0.15, -0.1) is 11.3 Å². The van der Waals surface area contributed by atoms with Crippen LogP contribution in [0.2, 0.25) is 0 Å². The molecule has 0 saturated carbocycles. The number of thiazole rings is 1. The molecule has 0 bridgehead atoms. The predicted molar refractivity (Wildman–Crippen MR) is 139 cm³/mol. The lowest BCUT2D eigenvalue weighted by Gasteiger charge is -2.26. The molecule has 0 unspecified atom stereocenters. The molecular weight excluding hydrogens is 478 g/mol. The van der Waals surface area contributed by atoms with E-state index in [0.29, 0.717) is 37.7 Å². The Morgan fingerprint density at radius 2 is 1.69 bits per heavy atom. The first-order chi connectivity index (χ1) is 17.0. The SMILES string of the molecule is Cc1ccc(Cn2c(-c3cccc(S(=O)(=O)N4CCOCC4)c3)csc2=Nc2ccccc2)cc1. The number of hydrogen-bond donors (Lipinski definition) is 0. The van der Waals surface area contributed by atoms with Crippen molar-refractivity contribution in [2.75, 3.05) is 26.3 Å². The first-order valence-electron chi connectivity index (χ1n) is 11.5. The van der Waals surface area contributed by atoms with Crippen LogP contribution >= 0.6 is 11.3 Å². The third-order valence-corrected chi connectivity index (χ3v) is 8.74. The Balaban J connectivity index is 1.59. The molecule has 8 heteroatoms. The number of sulfonamides is 1. The fourth-order valence-corrected chi connectivity index (χ4v) is 6.43. The number of rotatable bonds is 6. The van der Waals surface area contributed by atoms with E-state index in [2.05, 4.69) is 41.1 Å². The first kappa shape index (κ1) is 23.7. The van der Waals surface area contributed by atoms with E-state index in [1.54, 1.807) is 23.5 Å². The highest BCUT2D eigenvalue weighted by atomic mass is 32.2. The summed E-state index contributed by atoms with van der Waals surface area (Å²) in [6, 6.07) is 25.5. The molecule has 5 rings (SSSR count). The van der Waals surface area contributed by atoms with Crippen LogP contribution in [-0.4, -0.2) is 43.6 Å². The Kier molecular flexibility index (Phi) is 6.97. The summed E-state index contributed by atoms with van der Waals surface area (Å²) in [4.78, 5) is 6.04. The monoisotopic (exact) mass is 505 g/mol. The van der Waals surface area contributed by atoms with Crippen LogP contribution in [0.25, 0.3) is 11.3 Å². The van der Waals surface area contributed by atoms with E-state index in [1.807, 2.05) is 42.5 Å². The van der Waals surface area contributed by atoms with Crippen molar-refractivity contribution in [3.05, 3.63) is 100 Å². The minimum atomic E-state index is -3.59. The third kappa shape index (κ3) is 5.31. The maximum Gasteiger partial charge on any atom is 0.243 e. The zero-order valence-corrected chi connectivity index (χ0v) is 21.1. The molecule has 1 fully saturated rings. The van der Waals surface area contributed by atoms with Crippen molar-refractivity contribution in [3.8, 4) is 11.3 Å². The van der Waals surface area contributed by atoms with Crippen LogP contribution in [0.1, 0.15) is 11.1 Å². The summed E-state index contributed by atoms with van der Waals surface area (Å²) in [5, 5.41) is 2.05. The molecule has 0 spiro atoms. The van der Waals surface area contributed by atoms with Gasteiger partial charge < -0.3 is 9.30 Å². The van der Waals surface area contributed by atoms with Gasteiger partial charge in [0, 0.05) is 24.0 Å². The van der Waals surface area contributed by atoms with Crippen LogP contribution in [0.4, 0.5) is 5.69 Å². The highest BCUT2D eigenvalue weighted by molar-refractivity contribution is 7.89. The molecule has 6 nitrogen and oxygen atoms in total. The zero-order chi connectivity index (χ0) is 24.3. The van der Waals surface area contributed by atoms with Crippen molar-refractivity contribution in [1.82, 2.24) is 8.87 Å². The van der Waals surface area contributed by atoms with Gasteiger partial charge >= 0.3 is 0 Å². The van der Waals surface area contributed by atoms with Crippen LogP contribution in [0, 0.1) is 6.92 Å². The topological polar surface area (TPSA) is 63.9 Å². The minimum Gasteiger partial charge on any atom is -0.379 e. The molecule has 3 aromatic carbocycles. The normalized spacial score (nSPS) is 15.4. The lowest BCUT2D eigenvalue weighted by molar-refractivity contribution is 0.0730. The van der Waals surface area contributed by atoms with Gasteiger partial charge in [-0.2, -0.15) is 4.31 Å². The molecule has 0 amide bonds. The van der Waals surface area contributed by atoms with E-state index >= 15 is 0 Å². The van der Waals surface area contributed by atoms with E-state index in [1.165, 1.54) is 9.87 Å². The highest BCUT2D eigenvalue weighted by Gasteiger charge is 2.26. The fraction of sp³-hybridized carbons (Fsp3) is 0.222. The molecule has 1 aromatic heterocycles. The molecule has 0 atom stereocenters. The van der Waals surface area contributed by atoms with E-state index in [-0.39, 0.29) is 0 Å². The van der Waals surface area contributed by atoms with Gasteiger partial charge in [-0.3, -0.25) is 0 Å². The van der Waals surface area contributed by atoms with E-state index in [4.69, 9.17) is 9.73 Å². The molecule has 0 N–H and O–H groups in total. The van der Waals surface area contributed by atoms with E-state index in [9.17, 15) is 8.42 Å². The number of hydrogen-bond acceptors (Lipinski definition) is 5. The first-order valence-corrected chi connectivity index (χ1v) is 13.8. The summed E-state index contributed by atoms with van der Waals surface area (Å²) in [6.07, 6.45) is 0. The second-order valence-corrected chi connectivity index (χ2v) is 11.2. The number of aromatic nitrogens is 1. The molecule has 1 saturated heterocycles. The average Bonchev–Trinajstić information content (AvgIpc) is 3.28. The molecular formula is C27H27N3O3S2. The van der Waals surface area contributed by atoms with Crippen molar-refractivity contribution in [2.45, 2.75) is 18.4 Å². The van der Waals surface area contributed by atoms with Crippen LogP contribution in [0.15, 0.2) is 94.1 Å². The van der Waals surface area contributed by atoms with Crippen LogP contribution < -0.4 is 4.80 Å². The Hall–Kier alpha value is -3.04. The van der Waals surface area contributed by atoms with Gasteiger partial charge in [-0.25, -0.2) is 13.4 Å². The summed E-state index contributed by atoms with van der Waals surface area (Å²) in [6.45, 7) is 4.29.